The van der Waals surface area contributed by atoms with Gasteiger partial charge in [0.15, 0.2) is 5.75 Å². The Balaban J connectivity index is 1.87. The molecule has 8 nitrogen and oxygen atoms in total. The van der Waals surface area contributed by atoms with Gasteiger partial charge in [-0.3, -0.25) is 19.7 Å². The van der Waals surface area contributed by atoms with Gasteiger partial charge < -0.3 is 20.1 Å². The van der Waals surface area contributed by atoms with Crippen LogP contribution < -0.4 is 10.6 Å². The zero-order valence-corrected chi connectivity index (χ0v) is 13.2. The predicted octanol–water partition coefficient (Wildman–Crippen LogP) is 0.383. The topological polar surface area (TPSA) is 108 Å². The molecule has 1 saturated heterocycles. The second-order valence-electron chi connectivity index (χ2n) is 5.20. The first-order chi connectivity index (χ1) is 11.5. The molecule has 126 valence electrons. The summed E-state index contributed by atoms with van der Waals surface area (Å²) in [6.07, 6.45) is 0. The Kier molecular flexibility index (Phi) is 4.41. The van der Waals surface area contributed by atoms with Gasteiger partial charge in [0.25, 0.3) is 17.7 Å². The van der Waals surface area contributed by atoms with Gasteiger partial charge in [-0.25, -0.2) is 0 Å². The Labute approximate surface area is 142 Å². The summed E-state index contributed by atoms with van der Waals surface area (Å²) in [5.41, 5.74) is 0.0170. The highest BCUT2D eigenvalue weighted by atomic mass is 35.5. The monoisotopic (exact) mass is 351 g/mol. The number of benzene rings is 1. The van der Waals surface area contributed by atoms with Crippen LogP contribution in [0.1, 0.15) is 10.4 Å². The summed E-state index contributed by atoms with van der Waals surface area (Å²) in [6.45, 7) is 1.75. The third-order valence-electron chi connectivity index (χ3n) is 3.70. The fourth-order valence-corrected chi connectivity index (χ4v) is 2.61. The SMILES string of the molecule is O=C1NC(=O)C(Nc2cccc(C(=O)N3CCOCC3)c2O)=C1Cl. The van der Waals surface area contributed by atoms with E-state index >= 15 is 0 Å². The number of aromatic hydroxyl groups is 1. The summed E-state index contributed by atoms with van der Waals surface area (Å²) in [7, 11) is 0. The molecule has 2 aliphatic heterocycles. The standard InChI is InChI=1S/C15H14ClN3O5/c16-10-11(14(22)18-13(10)21)17-9-3-1-2-8(12(9)20)15(23)19-4-6-24-7-5-19/h1-3,20H,4-7H2,(H2,17,18,21,22). The van der Waals surface area contributed by atoms with Crippen molar-refractivity contribution in [3.63, 3.8) is 0 Å². The van der Waals surface area contributed by atoms with Crippen molar-refractivity contribution in [2.45, 2.75) is 0 Å². The Morgan fingerprint density at radius 3 is 2.58 bits per heavy atom. The molecule has 3 N–H and O–H groups in total. The van der Waals surface area contributed by atoms with Gasteiger partial charge in [0, 0.05) is 13.1 Å². The summed E-state index contributed by atoms with van der Waals surface area (Å²) < 4.78 is 5.20. The number of halogens is 1. The number of carbonyl (C=O) groups excluding carboxylic acids is 3. The molecule has 0 radical (unpaired) electrons. The maximum atomic E-state index is 12.5. The molecule has 0 atom stereocenters. The Bertz CT molecular complexity index is 755. The number of para-hydroxylation sites is 1. The fraction of sp³-hybridized carbons (Fsp3) is 0.267. The van der Waals surface area contributed by atoms with E-state index in [0.29, 0.717) is 26.3 Å². The first-order valence-electron chi connectivity index (χ1n) is 7.20. The molecule has 3 rings (SSSR count). The molecule has 1 aromatic rings. The highest BCUT2D eigenvalue weighted by Gasteiger charge is 2.30. The lowest BCUT2D eigenvalue weighted by atomic mass is 10.1. The minimum absolute atomic E-state index is 0.0864. The number of nitrogens with zero attached hydrogens (tertiary/aromatic N) is 1. The van der Waals surface area contributed by atoms with Crippen LogP contribution in [0.2, 0.25) is 0 Å². The number of phenolic OH excluding ortho intramolecular Hbond substituents is 1. The summed E-state index contributed by atoms with van der Waals surface area (Å²) >= 11 is 5.76. The van der Waals surface area contributed by atoms with E-state index in [1.807, 2.05) is 5.32 Å². The molecular formula is C15H14ClN3O5. The van der Waals surface area contributed by atoms with Crippen LogP contribution in [0, 0.1) is 0 Å². The van der Waals surface area contributed by atoms with Crippen molar-refractivity contribution in [3.8, 4) is 5.75 Å². The third kappa shape index (κ3) is 2.93. The van der Waals surface area contributed by atoms with Crippen molar-refractivity contribution in [3.05, 3.63) is 34.5 Å². The van der Waals surface area contributed by atoms with Crippen molar-refractivity contribution < 1.29 is 24.2 Å². The number of anilines is 1. The van der Waals surface area contributed by atoms with E-state index in [1.165, 1.54) is 12.1 Å². The molecule has 24 heavy (non-hydrogen) atoms. The average Bonchev–Trinajstić information content (AvgIpc) is 2.83. The Hall–Kier alpha value is -2.58. The maximum Gasteiger partial charge on any atom is 0.276 e. The summed E-state index contributed by atoms with van der Waals surface area (Å²) in [5, 5.41) is 14.7. The van der Waals surface area contributed by atoms with Crippen LogP contribution in [-0.2, 0) is 14.3 Å². The van der Waals surface area contributed by atoms with Gasteiger partial charge in [-0.15, -0.1) is 0 Å². The third-order valence-corrected chi connectivity index (χ3v) is 4.06. The second-order valence-corrected chi connectivity index (χ2v) is 5.58. The zero-order valence-electron chi connectivity index (χ0n) is 12.5. The van der Waals surface area contributed by atoms with Gasteiger partial charge in [0.05, 0.1) is 24.5 Å². The molecule has 2 aliphatic rings. The first-order valence-corrected chi connectivity index (χ1v) is 7.58. The lowest BCUT2D eigenvalue weighted by molar-refractivity contribution is -0.123. The molecule has 0 bridgehead atoms. The van der Waals surface area contributed by atoms with Gasteiger partial charge in [0.2, 0.25) is 0 Å². The Morgan fingerprint density at radius 2 is 1.96 bits per heavy atom. The van der Waals surface area contributed by atoms with Crippen molar-refractivity contribution >= 4 is 35.0 Å². The number of rotatable bonds is 3. The number of amides is 3. The molecule has 0 unspecified atom stereocenters. The van der Waals surface area contributed by atoms with Crippen LogP contribution in [0.4, 0.5) is 5.69 Å². The van der Waals surface area contributed by atoms with Crippen molar-refractivity contribution in [2.24, 2.45) is 0 Å². The number of morpholine rings is 1. The molecule has 2 heterocycles. The first kappa shape index (κ1) is 16.3. The van der Waals surface area contributed by atoms with Crippen LogP contribution in [-0.4, -0.2) is 54.0 Å². The summed E-state index contributed by atoms with van der Waals surface area (Å²) in [6, 6.07) is 4.51. The zero-order chi connectivity index (χ0) is 17.3. The molecule has 0 spiro atoms. The van der Waals surface area contributed by atoms with Crippen molar-refractivity contribution in [1.82, 2.24) is 10.2 Å². The second kappa shape index (κ2) is 6.50. The normalized spacial score (nSPS) is 18.0. The summed E-state index contributed by atoms with van der Waals surface area (Å²) in [4.78, 5) is 37.1. The number of nitrogens with one attached hydrogen (secondary N) is 2. The largest absolute Gasteiger partial charge is 0.505 e. The number of carbonyl (C=O) groups is 3. The van der Waals surface area contributed by atoms with Crippen LogP contribution in [0.5, 0.6) is 5.75 Å². The average molecular weight is 352 g/mol. The van der Waals surface area contributed by atoms with E-state index in [0.717, 1.165) is 0 Å². The van der Waals surface area contributed by atoms with Gasteiger partial charge >= 0.3 is 0 Å². The summed E-state index contributed by atoms with van der Waals surface area (Å²) in [5.74, 6) is -2.08. The lowest BCUT2D eigenvalue weighted by Gasteiger charge is -2.27. The highest BCUT2D eigenvalue weighted by molar-refractivity contribution is 6.48. The molecule has 1 aromatic carbocycles. The van der Waals surface area contributed by atoms with Crippen molar-refractivity contribution in [1.29, 1.82) is 0 Å². The number of hydrogen-bond acceptors (Lipinski definition) is 6. The van der Waals surface area contributed by atoms with E-state index in [1.54, 1.807) is 11.0 Å². The van der Waals surface area contributed by atoms with E-state index in [2.05, 4.69) is 5.32 Å². The number of ether oxygens (including phenoxy) is 1. The lowest BCUT2D eigenvalue weighted by Crippen LogP contribution is -2.40. The smallest absolute Gasteiger partial charge is 0.276 e. The van der Waals surface area contributed by atoms with Crippen LogP contribution in [0.3, 0.4) is 0 Å². The van der Waals surface area contributed by atoms with Gasteiger partial charge in [-0.05, 0) is 12.1 Å². The maximum absolute atomic E-state index is 12.5. The number of phenols is 1. The van der Waals surface area contributed by atoms with E-state index in [9.17, 15) is 19.5 Å². The minimum Gasteiger partial charge on any atom is -0.505 e. The molecule has 1 fully saturated rings. The van der Waals surface area contributed by atoms with Gasteiger partial charge in [-0.2, -0.15) is 0 Å². The van der Waals surface area contributed by atoms with Gasteiger partial charge in [-0.1, -0.05) is 17.7 Å². The van der Waals surface area contributed by atoms with Gasteiger partial charge in [0.1, 0.15) is 10.7 Å². The molecule has 0 saturated carbocycles. The van der Waals surface area contributed by atoms with E-state index < -0.39 is 11.8 Å². The molecule has 0 aliphatic carbocycles. The van der Waals surface area contributed by atoms with Crippen molar-refractivity contribution in [2.75, 3.05) is 31.6 Å². The number of imide groups is 1. The van der Waals surface area contributed by atoms with Crippen LogP contribution >= 0.6 is 11.6 Å². The van der Waals surface area contributed by atoms with Crippen LogP contribution in [0.25, 0.3) is 0 Å². The molecule has 0 aromatic heterocycles. The number of hydrogen-bond donors (Lipinski definition) is 3. The van der Waals surface area contributed by atoms with E-state index in [4.69, 9.17) is 16.3 Å². The minimum atomic E-state index is -0.718. The molecular weight excluding hydrogens is 338 g/mol. The predicted molar refractivity (Wildman–Crippen MR) is 84.5 cm³/mol. The molecule has 3 amide bonds. The molecule has 9 heteroatoms. The highest BCUT2D eigenvalue weighted by Crippen LogP contribution is 2.31. The van der Waals surface area contributed by atoms with Crippen LogP contribution in [0.15, 0.2) is 28.9 Å². The van der Waals surface area contributed by atoms with E-state index in [-0.39, 0.29) is 33.6 Å². The quantitative estimate of drug-likeness (QED) is 0.537. The fourth-order valence-electron chi connectivity index (χ4n) is 2.43. The Morgan fingerprint density at radius 1 is 1.25 bits per heavy atom.